The van der Waals surface area contributed by atoms with Gasteiger partial charge in [-0.25, -0.2) is 12.8 Å². The number of hydrogen-bond acceptors (Lipinski definition) is 4. The third kappa shape index (κ3) is 7.04. The van der Waals surface area contributed by atoms with Crippen LogP contribution < -0.4 is 9.62 Å². The first-order chi connectivity index (χ1) is 16.6. The van der Waals surface area contributed by atoms with Gasteiger partial charge in [0.2, 0.25) is 21.8 Å². The Morgan fingerprint density at radius 1 is 1.09 bits per heavy atom. The molecule has 1 atom stereocenters. The van der Waals surface area contributed by atoms with E-state index in [-0.39, 0.29) is 18.5 Å². The largest absolute Gasteiger partial charge is 0.352 e. The molecule has 1 aliphatic rings. The number of nitrogens with one attached hydrogen (secondary N) is 1. The summed E-state index contributed by atoms with van der Waals surface area (Å²) in [4.78, 5) is 28.0. The van der Waals surface area contributed by atoms with E-state index in [0.29, 0.717) is 17.7 Å². The smallest absolute Gasteiger partial charge is 0.244 e. The van der Waals surface area contributed by atoms with Gasteiger partial charge in [-0.1, -0.05) is 50.1 Å². The number of nitrogens with zero attached hydrogens (tertiary/aromatic N) is 2. The van der Waals surface area contributed by atoms with Crippen molar-refractivity contribution >= 4 is 27.5 Å². The summed E-state index contributed by atoms with van der Waals surface area (Å²) in [6, 6.07) is 12.0. The standard InChI is InChI=1S/C26H34FN3O4S/c1-4-21-9-5-8-12-24(21)30(35(3,33)34)18-25(31)29(17-20-13-15-22(27)16-14-20)19(2)26(32)28-23-10-6-7-11-23/h5,8-9,12-16,19,23H,4,6-7,10-11,17-18H2,1-3H3,(H,28,32). The summed E-state index contributed by atoms with van der Waals surface area (Å²) in [6.07, 6.45) is 5.57. The Hall–Kier alpha value is -2.94. The summed E-state index contributed by atoms with van der Waals surface area (Å²) in [6.45, 7) is 3.15. The van der Waals surface area contributed by atoms with Crippen molar-refractivity contribution < 1.29 is 22.4 Å². The number of para-hydroxylation sites is 1. The number of rotatable bonds is 10. The van der Waals surface area contributed by atoms with Crippen LogP contribution in [0, 0.1) is 5.82 Å². The number of carbonyl (C=O) groups is 2. The van der Waals surface area contributed by atoms with Crippen molar-refractivity contribution in [3.05, 3.63) is 65.5 Å². The van der Waals surface area contributed by atoms with Crippen molar-refractivity contribution in [1.82, 2.24) is 10.2 Å². The number of halogens is 1. The van der Waals surface area contributed by atoms with E-state index in [0.717, 1.165) is 41.8 Å². The molecule has 9 heteroatoms. The molecule has 0 bridgehead atoms. The first kappa shape index (κ1) is 26.7. The maximum atomic E-state index is 13.6. The fourth-order valence-corrected chi connectivity index (χ4v) is 5.29. The number of carbonyl (C=O) groups excluding carboxylic acids is 2. The third-order valence-corrected chi connectivity index (χ3v) is 7.58. The van der Waals surface area contributed by atoms with E-state index in [2.05, 4.69) is 5.32 Å². The van der Waals surface area contributed by atoms with E-state index in [1.165, 1.54) is 17.0 Å². The highest BCUT2D eigenvalue weighted by atomic mass is 32.2. The minimum Gasteiger partial charge on any atom is -0.352 e. The van der Waals surface area contributed by atoms with Crippen LogP contribution in [0.15, 0.2) is 48.5 Å². The number of benzene rings is 2. The molecule has 0 aliphatic heterocycles. The highest BCUT2D eigenvalue weighted by molar-refractivity contribution is 7.92. The Bertz CT molecular complexity index is 1130. The summed E-state index contributed by atoms with van der Waals surface area (Å²) < 4.78 is 40.0. The highest BCUT2D eigenvalue weighted by Gasteiger charge is 2.31. The maximum absolute atomic E-state index is 13.6. The normalized spacial score (nSPS) is 15.0. The Kier molecular flexibility index (Phi) is 8.88. The van der Waals surface area contributed by atoms with Crippen LogP contribution in [0.5, 0.6) is 0 Å². The van der Waals surface area contributed by atoms with Gasteiger partial charge >= 0.3 is 0 Å². The fraction of sp³-hybridized carbons (Fsp3) is 0.462. The Balaban J connectivity index is 1.89. The van der Waals surface area contributed by atoms with Crippen LogP contribution in [0.2, 0.25) is 0 Å². The van der Waals surface area contributed by atoms with Gasteiger partial charge in [-0.15, -0.1) is 0 Å². The van der Waals surface area contributed by atoms with Gasteiger partial charge in [0.05, 0.1) is 11.9 Å². The first-order valence-corrected chi connectivity index (χ1v) is 13.8. The Morgan fingerprint density at radius 2 is 1.71 bits per heavy atom. The Morgan fingerprint density at radius 3 is 2.31 bits per heavy atom. The molecule has 1 N–H and O–H groups in total. The highest BCUT2D eigenvalue weighted by Crippen LogP contribution is 2.24. The average molecular weight is 504 g/mol. The minimum absolute atomic E-state index is 0.0470. The second-order valence-electron chi connectivity index (χ2n) is 9.07. The third-order valence-electron chi connectivity index (χ3n) is 6.46. The van der Waals surface area contributed by atoms with Crippen LogP contribution in [-0.4, -0.2) is 50.0 Å². The molecule has 35 heavy (non-hydrogen) atoms. The van der Waals surface area contributed by atoms with Crippen molar-refractivity contribution in [2.24, 2.45) is 0 Å². The lowest BCUT2D eigenvalue weighted by molar-refractivity contribution is -0.139. The van der Waals surface area contributed by atoms with E-state index >= 15 is 0 Å². The van der Waals surface area contributed by atoms with Crippen LogP contribution in [0.25, 0.3) is 0 Å². The number of anilines is 1. The van der Waals surface area contributed by atoms with Crippen LogP contribution in [-0.2, 0) is 32.6 Å². The molecule has 3 rings (SSSR count). The van der Waals surface area contributed by atoms with Gasteiger partial charge in [0.1, 0.15) is 18.4 Å². The van der Waals surface area contributed by atoms with E-state index in [1.807, 2.05) is 19.1 Å². The first-order valence-electron chi connectivity index (χ1n) is 12.0. The van der Waals surface area contributed by atoms with Gasteiger partial charge in [-0.3, -0.25) is 13.9 Å². The summed E-state index contributed by atoms with van der Waals surface area (Å²) in [5, 5.41) is 3.02. The van der Waals surface area contributed by atoms with Gasteiger partial charge in [0.15, 0.2) is 0 Å². The molecule has 2 amide bonds. The molecule has 1 saturated carbocycles. The van der Waals surface area contributed by atoms with E-state index in [9.17, 15) is 22.4 Å². The molecule has 2 aromatic rings. The molecule has 1 fully saturated rings. The second kappa shape index (κ2) is 11.7. The lowest BCUT2D eigenvalue weighted by atomic mass is 10.1. The monoisotopic (exact) mass is 503 g/mol. The molecule has 0 aromatic heterocycles. The maximum Gasteiger partial charge on any atom is 0.244 e. The molecule has 1 aliphatic carbocycles. The lowest BCUT2D eigenvalue weighted by Gasteiger charge is -2.32. The fourth-order valence-electron chi connectivity index (χ4n) is 4.41. The average Bonchev–Trinajstić information content (AvgIpc) is 3.34. The van der Waals surface area contributed by atoms with Gasteiger partial charge in [-0.05, 0) is 55.5 Å². The van der Waals surface area contributed by atoms with Crippen LogP contribution in [0.4, 0.5) is 10.1 Å². The number of hydrogen-bond donors (Lipinski definition) is 1. The van der Waals surface area contributed by atoms with E-state index in [1.54, 1.807) is 31.2 Å². The quantitative estimate of drug-likeness (QED) is 0.537. The topological polar surface area (TPSA) is 86.8 Å². The van der Waals surface area contributed by atoms with Crippen molar-refractivity contribution in [1.29, 1.82) is 0 Å². The molecule has 190 valence electrons. The zero-order chi connectivity index (χ0) is 25.6. The van der Waals surface area contributed by atoms with Crippen LogP contribution in [0.3, 0.4) is 0 Å². The molecular formula is C26H34FN3O4S. The molecule has 0 heterocycles. The predicted molar refractivity (Wildman–Crippen MR) is 135 cm³/mol. The minimum atomic E-state index is -3.79. The van der Waals surface area contributed by atoms with Crippen molar-refractivity contribution in [3.63, 3.8) is 0 Å². The second-order valence-corrected chi connectivity index (χ2v) is 11.0. The zero-order valence-electron chi connectivity index (χ0n) is 20.5. The van der Waals surface area contributed by atoms with Gasteiger partial charge in [-0.2, -0.15) is 0 Å². The molecule has 0 radical (unpaired) electrons. The van der Waals surface area contributed by atoms with Gasteiger partial charge in [0.25, 0.3) is 0 Å². The molecule has 1 unspecified atom stereocenters. The van der Waals surface area contributed by atoms with Crippen molar-refractivity contribution in [2.75, 3.05) is 17.1 Å². The Labute approximate surface area is 207 Å². The van der Waals surface area contributed by atoms with Gasteiger partial charge in [0, 0.05) is 12.6 Å². The molecule has 0 spiro atoms. The molecule has 0 saturated heterocycles. The van der Waals surface area contributed by atoms with Crippen molar-refractivity contribution in [3.8, 4) is 0 Å². The summed E-state index contributed by atoms with van der Waals surface area (Å²) in [5.41, 5.74) is 1.87. The summed E-state index contributed by atoms with van der Waals surface area (Å²) in [7, 11) is -3.79. The van der Waals surface area contributed by atoms with E-state index < -0.39 is 34.3 Å². The predicted octanol–water partition coefficient (Wildman–Crippen LogP) is 3.63. The number of sulfonamides is 1. The van der Waals surface area contributed by atoms with Crippen LogP contribution >= 0.6 is 0 Å². The molecule has 2 aromatic carbocycles. The van der Waals surface area contributed by atoms with E-state index in [4.69, 9.17) is 0 Å². The summed E-state index contributed by atoms with van der Waals surface area (Å²) in [5.74, 6) is -1.20. The van der Waals surface area contributed by atoms with Gasteiger partial charge < -0.3 is 10.2 Å². The summed E-state index contributed by atoms with van der Waals surface area (Å²) >= 11 is 0. The number of amides is 2. The zero-order valence-corrected chi connectivity index (χ0v) is 21.4. The SMILES string of the molecule is CCc1ccccc1N(CC(=O)N(Cc1ccc(F)cc1)C(C)C(=O)NC1CCCC1)S(C)(=O)=O. The van der Waals surface area contributed by atoms with Crippen LogP contribution in [0.1, 0.15) is 50.7 Å². The molecular weight excluding hydrogens is 469 g/mol. The molecule has 7 nitrogen and oxygen atoms in total. The lowest BCUT2D eigenvalue weighted by Crippen LogP contribution is -2.52. The van der Waals surface area contributed by atoms with Crippen molar-refractivity contribution in [2.45, 2.75) is 64.6 Å². The number of aryl methyl sites for hydroxylation is 1.